The molecule has 0 radical (unpaired) electrons. The average Bonchev–Trinajstić information content (AvgIpc) is 2.55. The molecule has 0 aliphatic heterocycles. The minimum Gasteiger partial charge on any atom is -0.462 e. The van der Waals surface area contributed by atoms with E-state index in [1.807, 2.05) is 18.2 Å². The van der Waals surface area contributed by atoms with Crippen LogP contribution in [0.1, 0.15) is 44.0 Å². The lowest BCUT2D eigenvalue weighted by Crippen LogP contribution is -2.28. The van der Waals surface area contributed by atoms with E-state index in [-0.39, 0.29) is 5.97 Å². The van der Waals surface area contributed by atoms with Crippen LogP contribution in [0.5, 0.6) is 0 Å². The van der Waals surface area contributed by atoms with E-state index in [0.717, 1.165) is 12.8 Å². The van der Waals surface area contributed by atoms with Gasteiger partial charge in [0.2, 0.25) is 0 Å². The van der Waals surface area contributed by atoms with Crippen LogP contribution in [0.15, 0.2) is 42.1 Å². The zero-order chi connectivity index (χ0) is 15.6. The first-order valence-corrected chi connectivity index (χ1v) is 10.8. The minimum absolute atomic E-state index is 0.223. The zero-order valence-electron chi connectivity index (χ0n) is 13.6. The molecule has 21 heavy (non-hydrogen) atoms. The van der Waals surface area contributed by atoms with Crippen LogP contribution in [0.25, 0.3) is 0 Å². The monoisotopic (exact) mass is 304 g/mol. The topological polar surface area (TPSA) is 26.3 Å². The van der Waals surface area contributed by atoms with Gasteiger partial charge in [-0.15, -0.1) is 0 Å². The average molecular weight is 305 g/mol. The lowest BCUT2D eigenvalue weighted by molar-refractivity contribution is 0.0501. The summed E-state index contributed by atoms with van der Waals surface area (Å²) in [6.45, 7) is 7.43. The summed E-state index contributed by atoms with van der Waals surface area (Å²) >= 11 is 0. The third kappa shape index (κ3) is 5.88. The van der Waals surface area contributed by atoms with Gasteiger partial charge in [0.25, 0.3) is 0 Å². The molecule has 0 spiro atoms. The number of benzene rings is 1. The van der Waals surface area contributed by atoms with Crippen molar-refractivity contribution in [3.05, 3.63) is 47.7 Å². The summed E-state index contributed by atoms with van der Waals surface area (Å²) in [4.78, 5) is 11.7. The van der Waals surface area contributed by atoms with Crippen molar-refractivity contribution in [3.8, 4) is 0 Å². The molecule has 0 saturated heterocycles. The maximum Gasteiger partial charge on any atom is 0.338 e. The fraction of sp³-hybridized carbons (Fsp3) is 0.500. The molecule has 0 aliphatic rings. The smallest absolute Gasteiger partial charge is 0.338 e. The van der Waals surface area contributed by atoms with Crippen molar-refractivity contribution in [2.45, 2.75) is 51.7 Å². The number of carbonyl (C=O) groups is 1. The first kappa shape index (κ1) is 17.7. The first-order chi connectivity index (χ1) is 10.2. The normalized spacial score (nSPS) is 11.8. The maximum absolute atomic E-state index is 11.7. The molecule has 0 atom stereocenters. The van der Waals surface area contributed by atoms with Gasteiger partial charge in [-0.05, 0) is 25.0 Å². The molecule has 0 amide bonds. The fourth-order valence-electron chi connectivity index (χ4n) is 2.46. The molecule has 1 aromatic rings. The molecule has 0 saturated carbocycles. The van der Waals surface area contributed by atoms with Crippen molar-refractivity contribution in [1.82, 2.24) is 0 Å². The van der Waals surface area contributed by atoms with Crippen molar-refractivity contribution in [2.24, 2.45) is 0 Å². The molecule has 2 nitrogen and oxygen atoms in total. The summed E-state index contributed by atoms with van der Waals surface area (Å²) in [5.74, 6) is -0.223. The number of ether oxygens (including phenoxy) is 1. The van der Waals surface area contributed by atoms with Gasteiger partial charge in [-0.1, -0.05) is 68.9 Å². The number of carbonyl (C=O) groups excluding carboxylic acids is 1. The van der Waals surface area contributed by atoms with Gasteiger partial charge >= 0.3 is 5.97 Å². The highest BCUT2D eigenvalue weighted by atomic mass is 28.3. The van der Waals surface area contributed by atoms with E-state index >= 15 is 0 Å². The van der Waals surface area contributed by atoms with Crippen LogP contribution in [-0.4, -0.2) is 20.7 Å². The number of esters is 1. The lowest BCUT2D eigenvalue weighted by Gasteiger charge is -2.23. The van der Waals surface area contributed by atoms with Gasteiger partial charge in [0.1, 0.15) is 0 Å². The van der Waals surface area contributed by atoms with E-state index in [1.54, 1.807) is 12.1 Å². The van der Waals surface area contributed by atoms with E-state index in [4.69, 9.17) is 4.74 Å². The Bertz CT molecular complexity index is 428. The quantitative estimate of drug-likeness (QED) is 0.355. The van der Waals surface area contributed by atoms with Gasteiger partial charge in [0, 0.05) is 0 Å². The van der Waals surface area contributed by atoms with Crippen LogP contribution < -0.4 is 0 Å². The van der Waals surface area contributed by atoms with Gasteiger partial charge in [-0.25, -0.2) is 4.79 Å². The van der Waals surface area contributed by atoms with Crippen LogP contribution in [0.2, 0.25) is 18.1 Å². The Balaban J connectivity index is 2.27. The second kappa shape index (κ2) is 9.56. The Hall–Kier alpha value is -1.35. The number of rotatable bonds is 9. The first-order valence-electron chi connectivity index (χ1n) is 8.07. The molecule has 0 fully saturated rings. The summed E-state index contributed by atoms with van der Waals surface area (Å²) in [6.07, 6.45) is 4.20. The maximum atomic E-state index is 11.7. The van der Waals surface area contributed by atoms with Gasteiger partial charge in [-0.2, -0.15) is 0 Å². The molecule has 3 heteroatoms. The number of hydrogen-bond acceptors (Lipinski definition) is 2. The van der Waals surface area contributed by atoms with Crippen LogP contribution in [0, 0.1) is 0 Å². The molecule has 1 aromatic carbocycles. The molecule has 1 rings (SSSR count). The molecule has 0 N–H and O–H groups in total. The Morgan fingerprint density at radius 3 is 2.29 bits per heavy atom. The Morgan fingerprint density at radius 2 is 1.71 bits per heavy atom. The van der Waals surface area contributed by atoms with Crippen molar-refractivity contribution >= 4 is 14.0 Å². The van der Waals surface area contributed by atoms with Crippen molar-refractivity contribution in [1.29, 1.82) is 0 Å². The zero-order valence-corrected chi connectivity index (χ0v) is 14.6. The van der Waals surface area contributed by atoms with Crippen LogP contribution in [0.3, 0.4) is 0 Å². The Labute approximate surface area is 130 Å². The summed E-state index contributed by atoms with van der Waals surface area (Å²) in [7, 11) is -1.14. The minimum atomic E-state index is -1.14. The highest BCUT2D eigenvalue weighted by Gasteiger charge is 2.22. The second-order valence-electron chi connectivity index (χ2n) is 5.47. The molecule has 0 unspecified atom stereocenters. The van der Waals surface area contributed by atoms with E-state index < -0.39 is 8.07 Å². The van der Waals surface area contributed by atoms with E-state index in [9.17, 15) is 4.79 Å². The van der Waals surface area contributed by atoms with Crippen molar-refractivity contribution in [3.63, 3.8) is 0 Å². The standard InChI is InChI=1S/C18H28O2Si/c1-4-21(5-2,6-3)16-12-8-11-15-20-18(19)17-13-9-7-10-14-17/h7,9-10,12-14,16H,4-6,8,11,15H2,1-3H3/b16-12+. The van der Waals surface area contributed by atoms with Gasteiger partial charge in [-0.3, -0.25) is 0 Å². The van der Waals surface area contributed by atoms with Gasteiger partial charge in [0.05, 0.1) is 20.2 Å². The Morgan fingerprint density at radius 1 is 1.10 bits per heavy atom. The van der Waals surface area contributed by atoms with Crippen LogP contribution >= 0.6 is 0 Å². The SMILES string of the molecule is CC[Si](/C=C/CCCOC(=O)c1ccccc1)(CC)CC. The summed E-state index contributed by atoms with van der Waals surface area (Å²) in [5, 5.41) is 0. The predicted molar refractivity (Wildman–Crippen MR) is 92.3 cm³/mol. The van der Waals surface area contributed by atoms with Crippen molar-refractivity contribution in [2.75, 3.05) is 6.61 Å². The number of allylic oxidation sites excluding steroid dienone is 1. The molecule has 0 aromatic heterocycles. The summed E-state index contributed by atoms with van der Waals surface area (Å²) in [5.41, 5.74) is 3.12. The highest BCUT2D eigenvalue weighted by Crippen LogP contribution is 2.21. The Kier molecular flexibility index (Phi) is 8.06. The molecule has 0 bridgehead atoms. The molecule has 116 valence electrons. The third-order valence-corrected chi connectivity index (χ3v) is 9.51. The highest BCUT2D eigenvalue weighted by molar-refractivity contribution is 6.84. The largest absolute Gasteiger partial charge is 0.462 e. The van der Waals surface area contributed by atoms with Gasteiger partial charge in [0.15, 0.2) is 0 Å². The molecule has 0 aliphatic carbocycles. The fourth-order valence-corrected chi connectivity index (χ4v) is 5.33. The lowest BCUT2D eigenvalue weighted by atomic mass is 10.2. The molecule has 0 heterocycles. The third-order valence-electron chi connectivity index (χ3n) is 4.34. The number of hydrogen-bond donors (Lipinski definition) is 0. The summed E-state index contributed by atoms with van der Waals surface area (Å²) in [6, 6.07) is 13.1. The van der Waals surface area contributed by atoms with Crippen LogP contribution in [0.4, 0.5) is 0 Å². The van der Waals surface area contributed by atoms with Crippen LogP contribution in [-0.2, 0) is 4.74 Å². The van der Waals surface area contributed by atoms with E-state index in [2.05, 4.69) is 32.5 Å². The molecular formula is C18H28O2Si. The van der Waals surface area contributed by atoms with E-state index in [0.29, 0.717) is 12.2 Å². The molecular weight excluding hydrogens is 276 g/mol. The second-order valence-corrected chi connectivity index (χ2v) is 10.6. The predicted octanol–water partition coefficient (Wildman–Crippen LogP) is 5.23. The summed E-state index contributed by atoms with van der Waals surface area (Å²) < 4.78 is 5.28. The van der Waals surface area contributed by atoms with E-state index in [1.165, 1.54) is 18.1 Å². The van der Waals surface area contributed by atoms with Gasteiger partial charge < -0.3 is 4.74 Å². The number of unbranched alkanes of at least 4 members (excludes halogenated alkanes) is 1. The van der Waals surface area contributed by atoms with Crippen molar-refractivity contribution < 1.29 is 9.53 Å².